The Hall–Kier alpha value is -3.12. The van der Waals surface area contributed by atoms with Gasteiger partial charge in [0.25, 0.3) is 0 Å². The number of piperazine rings is 1. The molecule has 6 heteroatoms. The largest absolute Gasteiger partial charge is 0.493 e. The highest BCUT2D eigenvalue weighted by molar-refractivity contribution is 5.99. The molecule has 1 saturated heterocycles. The van der Waals surface area contributed by atoms with Crippen LogP contribution in [0, 0.1) is 0 Å². The molecule has 1 aromatic heterocycles. The summed E-state index contributed by atoms with van der Waals surface area (Å²) in [6.07, 6.45) is 2.75. The number of rotatable bonds is 3. The summed E-state index contributed by atoms with van der Waals surface area (Å²) >= 11 is 0. The summed E-state index contributed by atoms with van der Waals surface area (Å²) in [7, 11) is 0. The first kappa shape index (κ1) is 17.9. The van der Waals surface area contributed by atoms with E-state index in [1.807, 2.05) is 35.2 Å². The van der Waals surface area contributed by atoms with Gasteiger partial charge in [-0.1, -0.05) is 30.3 Å². The lowest BCUT2D eigenvalue weighted by molar-refractivity contribution is 0.143. The highest BCUT2D eigenvalue weighted by atomic mass is 16.5. The van der Waals surface area contributed by atoms with Gasteiger partial charge in [0.05, 0.1) is 17.8 Å². The second-order valence-electron chi connectivity index (χ2n) is 7.61. The zero-order chi connectivity index (χ0) is 19.6. The maximum atomic E-state index is 12.8. The van der Waals surface area contributed by atoms with Gasteiger partial charge in [-0.2, -0.15) is 0 Å². The number of carbonyl (C=O) groups is 1. The van der Waals surface area contributed by atoms with E-state index in [2.05, 4.69) is 33.4 Å². The molecule has 5 rings (SSSR count). The molecule has 3 aromatic rings. The van der Waals surface area contributed by atoms with E-state index >= 15 is 0 Å². The predicted molar refractivity (Wildman–Crippen MR) is 113 cm³/mol. The van der Waals surface area contributed by atoms with Crippen molar-refractivity contribution in [1.82, 2.24) is 14.8 Å². The number of fused-ring (bicyclic) bond motifs is 2. The Balaban J connectivity index is 1.19. The molecule has 0 atom stereocenters. The third-order valence-corrected chi connectivity index (χ3v) is 5.69. The first-order valence-corrected chi connectivity index (χ1v) is 10.1. The summed E-state index contributed by atoms with van der Waals surface area (Å²) < 4.78 is 5.59. The molecule has 148 valence electrons. The van der Waals surface area contributed by atoms with Crippen molar-refractivity contribution in [1.29, 1.82) is 0 Å². The molecule has 0 aliphatic carbocycles. The van der Waals surface area contributed by atoms with Crippen LogP contribution in [0.25, 0.3) is 10.9 Å². The van der Waals surface area contributed by atoms with Crippen molar-refractivity contribution < 1.29 is 9.53 Å². The van der Waals surface area contributed by atoms with Crippen molar-refractivity contribution in [3.8, 4) is 5.75 Å². The minimum absolute atomic E-state index is 0.0579. The molecule has 2 aromatic carbocycles. The van der Waals surface area contributed by atoms with Gasteiger partial charge in [0.15, 0.2) is 0 Å². The standard InChI is InChI=1S/C23H24N4O2/c28-23(25-20-5-1-3-18-4-2-9-24-22(18)20)27-12-10-26(11-13-27)16-17-6-7-21-19(15-17)8-14-29-21/h1-7,9,15H,8,10-14,16H2,(H,25,28). The number of ether oxygens (including phenoxy) is 1. The van der Waals surface area contributed by atoms with Gasteiger partial charge in [-0.25, -0.2) is 4.79 Å². The molecule has 2 aliphatic rings. The lowest BCUT2D eigenvalue weighted by Gasteiger charge is -2.34. The minimum Gasteiger partial charge on any atom is -0.493 e. The second-order valence-corrected chi connectivity index (χ2v) is 7.61. The van der Waals surface area contributed by atoms with Crippen LogP contribution in [0.15, 0.2) is 54.7 Å². The number of nitrogens with zero attached hydrogens (tertiary/aromatic N) is 3. The highest BCUT2D eigenvalue weighted by Crippen LogP contribution is 2.26. The average molecular weight is 388 g/mol. The van der Waals surface area contributed by atoms with Gasteiger partial charge in [-0.3, -0.25) is 9.88 Å². The van der Waals surface area contributed by atoms with Crippen molar-refractivity contribution in [3.05, 3.63) is 65.9 Å². The summed E-state index contributed by atoms with van der Waals surface area (Å²) in [5, 5.41) is 4.06. The van der Waals surface area contributed by atoms with Crippen LogP contribution < -0.4 is 10.1 Å². The number of pyridine rings is 1. The average Bonchev–Trinajstić information content (AvgIpc) is 3.22. The highest BCUT2D eigenvalue weighted by Gasteiger charge is 2.22. The smallest absolute Gasteiger partial charge is 0.321 e. The number of aromatic nitrogens is 1. The molecule has 1 fully saturated rings. The molecule has 2 aliphatic heterocycles. The summed E-state index contributed by atoms with van der Waals surface area (Å²) in [6, 6.07) is 16.2. The van der Waals surface area contributed by atoms with E-state index in [9.17, 15) is 4.79 Å². The van der Waals surface area contributed by atoms with E-state index in [-0.39, 0.29) is 6.03 Å². The first-order valence-electron chi connectivity index (χ1n) is 10.1. The Kier molecular flexibility index (Phi) is 4.77. The maximum Gasteiger partial charge on any atom is 0.321 e. The van der Waals surface area contributed by atoms with Crippen LogP contribution in [-0.4, -0.2) is 53.6 Å². The Bertz CT molecular complexity index is 1040. The lowest BCUT2D eigenvalue weighted by atomic mass is 10.1. The fourth-order valence-corrected chi connectivity index (χ4v) is 4.10. The normalized spacial score (nSPS) is 16.5. The fourth-order valence-electron chi connectivity index (χ4n) is 4.10. The molecular weight excluding hydrogens is 364 g/mol. The maximum absolute atomic E-state index is 12.8. The van der Waals surface area contributed by atoms with Crippen molar-refractivity contribution in [3.63, 3.8) is 0 Å². The molecule has 0 saturated carbocycles. The number of amides is 2. The summed E-state index contributed by atoms with van der Waals surface area (Å²) in [5.74, 6) is 1.03. The summed E-state index contributed by atoms with van der Waals surface area (Å²) in [4.78, 5) is 21.5. The minimum atomic E-state index is -0.0579. The molecule has 0 unspecified atom stereocenters. The number of para-hydroxylation sites is 1. The summed E-state index contributed by atoms with van der Waals surface area (Å²) in [5.41, 5.74) is 4.21. The molecule has 2 amide bonds. The zero-order valence-electron chi connectivity index (χ0n) is 16.3. The molecule has 6 nitrogen and oxygen atoms in total. The van der Waals surface area contributed by atoms with E-state index in [0.717, 1.165) is 68.1 Å². The fraction of sp³-hybridized carbons (Fsp3) is 0.304. The Morgan fingerprint density at radius 3 is 2.83 bits per heavy atom. The van der Waals surface area contributed by atoms with Crippen molar-refractivity contribution in [2.24, 2.45) is 0 Å². The Morgan fingerprint density at radius 1 is 1.07 bits per heavy atom. The van der Waals surface area contributed by atoms with Gasteiger partial charge >= 0.3 is 6.03 Å². The molecular formula is C23H24N4O2. The van der Waals surface area contributed by atoms with E-state index < -0.39 is 0 Å². The van der Waals surface area contributed by atoms with Crippen molar-refractivity contribution in [2.75, 3.05) is 38.1 Å². The van der Waals surface area contributed by atoms with Gasteiger partial charge in [-0.15, -0.1) is 0 Å². The van der Waals surface area contributed by atoms with E-state index in [4.69, 9.17) is 4.74 Å². The van der Waals surface area contributed by atoms with Crippen LogP contribution in [0.1, 0.15) is 11.1 Å². The molecule has 0 radical (unpaired) electrons. The van der Waals surface area contributed by atoms with Crippen molar-refractivity contribution in [2.45, 2.75) is 13.0 Å². The number of hydrogen-bond acceptors (Lipinski definition) is 4. The third kappa shape index (κ3) is 3.76. The van der Waals surface area contributed by atoms with Gasteiger partial charge in [0.2, 0.25) is 0 Å². The SMILES string of the molecule is O=C(Nc1cccc2cccnc12)N1CCN(Cc2ccc3c(c2)CCO3)CC1. The zero-order valence-corrected chi connectivity index (χ0v) is 16.3. The van der Waals surface area contributed by atoms with Crippen molar-refractivity contribution >= 4 is 22.6 Å². The first-order chi connectivity index (χ1) is 14.3. The van der Waals surface area contributed by atoms with Crippen LogP contribution >= 0.6 is 0 Å². The predicted octanol–water partition coefficient (Wildman–Crippen LogP) is 3.52. The topological polar surface area (TPSA) is 57.7 Å². The second kappa shape index (κ2) is 7.72. The monoisotopic (exact) mass is 388 g/mol. The number of benzene rings is 2. The lowest BCUT2D eigenvalue weighted by Crippen LogP contribution is -2.49. The molecule has 0 bridgehead atoms. The molecule has 3 heterocycles. The van der Waals surface area contributed by atoms with Gasteiger partial charge in [-0.05, 0) is 29.3 Å². The van der Waals surface area contributed by atoms with Crippen LogP contribution in [0.5, 0.6) is 5.75 Å². The van der Waals surface area contributed by atoms with Crippen LogP contribution in [0.2, 0.25) is 0 Å². The number of urea groups is 1. The van der Waals surface area contributed by atoms with E-state index in [1.165, 1.54) is 11.1 Å². The van der Waals surface area contributed by atoms with E-state index in [1.54, 1.807) is 6.20 Å². The number of anilines is 1. The van der Waals surface area contributed by atoms with E-state index in [0.29, 0.717) is 0 Å². The van der Waals surface area contributed by atoms with Gasteiger partial charge in [0.1, 0.15) is 5.75 Å². The molecule has 0 spiro atoms. The van der Waals surface area contributed by atoms with Gasteiger partial charge < -0.3 is 15.0 Å². The van der Waals surface area contributed by atoms with Crippen LogP contribution in [-0.2, 0) is 13.0 Å². The summed E-state index contributed by atoms with van der Waals surface area (Å²) in [6.45, 7) is 4.88. The number of nitrogens with one attached hydrogen (secondary N) is 1. The molecule has 29 heavy (non-hydrogen) atoms. The number of hydrogen-bond donors (Lipinski definition) is 1. The third-order valence-electron chi connectivity index (χ3n) is 5.69. The van der Waals surface area contributed by atoms with Crippen LogP contribution in [0.3, 0.4) is 0 Å². The number of carbonyl (C=O) groups excluding carboxylic acids is 1. The Morgan fingerprint density at radius 2 is 1.93 bits per heavy atom. The quantitative estimate of drug-likeness (QED) is 0.746. The van der Waals surface area contributed by atoms with Crippen LogP contribution in [0.4, 0.5) is 10.5 Å². The van der Waals surface area contributed by atoms with Gasteiger partial charge in [0, 0.05) is 50.7 Å². The Labute approximate surface area is 170 Å². The molecule has 1 N–H and O–H groups in total.